The molecule has 17 heavy (non-hydrogen) atoms. The monoisotopic (exact) mass is 269 g/mol. The highest BCUT2D eigenvalue weighted by Gasteiger charge is 2.01. The van der Waals surface area contributed by atoms with Crippen molar-refractivity contribution in [2.75, 3.05) is 0 Å². The minimum atomic E-state index is 0.517. The Bertz CT molecular complexity index is 464. The van der Waals surface area contributed by atoms with Crippen LogP contribution in [0.1, 0.15) is 29.1 Å². The zero-order valence-electron chi connectivity index (χ0n) is 9.90. The molecule has 0 unspecified atom stereocenters. The Morgan fingerprint density at radius 3 is 2.94 bits per heavy atom. The van der Waals surface area contributed by atoms with Crippen LogP contribution in [-0.4, -0.2) is 14.8 Å². The van der Waals surface area contributed by atoms with Gasteiger partial charge in [0.15, 0.2) is 0 Å². The summed E-state index contributed by atoms with van der Waals surface area (Å²) in [4.78, 5) is 4.44. The van der Waals surface area contributed by atoms with Crippen molar-refractivity contribution in [2.45, 2.75) is 38.6 Å². The SMILES string of the molecule is Cc1cnn(CCCCc2nc(CCl)cs2)c1. The summed E-state index contributed by atoms with van der Waals surface area (Å²) in [5.74, 6) is 0.517. The summed E-state index contributed by atoms with van der Waals surface area (Å²) in [5, 5.41) is 7.50. The molecule has 92 valence electrons. The zero-order chi connectivity index (χ0) is 12.1. The number of hydrogen-bond donors (Lipinski definition) is 0. The van der Waals surface area contributed by atoms with Gasteiger partial charge < -0.3 is 0 Å². The van der Waals surface area contributed by atoms with Crippen molar-refractivity contribution in [3.63, 3.8) is 0 Å². The molecule has 0 saturated heterocycles. The number of thiazole rings is 1. The highest BCUT2D eigenvalue weighted by Crippen LogP contribution is 2.14. The third-order valence-electron chi connectivity index (χ3n) is 2.53. The minimum absolute atomic E-state index is 0.517. The molecule has 0 spiro atoms. The number of hydrogen-bond acceptors (Lipinski definition) is 3. The van der Waals surface area contributed by atoms with Crippen molar-refractivity contribution in [2.24, 2.45) is 0 Å². The first-order valence-corrected chi connectivity index (χ1v) is 7.17. The Kier molecular flexibility index (Phi) is 4.57. The van der Waals surface area contributed by atoms with E-state index in [1.54, 1.807) is 11.3 Å². The van der Waals surface area contributed by atoms with Crippen LogP contribution >= 0.6 is 22.9 Å². The highest BCUT2D eigenvalue weighted by molar-refractivity contribution is 7.09. The molecule has 0 bridgehead atoms. The average molecular weight is 270 g/mol. The second-order valence-corrected chi connectivity index (χ2v) is 5.31. The molecule has 2 aromatic rings. The van der Waals surface area contributed by atoms with E-state index in [-0.39, 0.29) is 0 Å². The lowest BCUT2D eigenvalue weighted by molar-refractivity contribution is 0.557. The van der Waals surface area contributed by atoms with Gasteiger partial charge in [0.2, 0.25) is 0 Å². The number of halogens is 1. The van der Waals surface area contributed by atoms with Gasteiger partial charge >= 0.3 is 0 Å². The fourth-order valence-corrected chi connectivity index (χ4v) is 2.73. The van der Waals surface area contributed by atoms with Crippen LogP contribution in [0.3, 0.4) is 0 Å². The molecule has 0 aliphatic carbocycles. The van der Waals surface area contributed by atoms with Crippen molar-refractivity contribution in [3.05, 3.63) is 34.0 Å². The summed E-state index contributed by atoms with van der Waals surface area (Å²) < 4.78 is 2.00. The lowest BCUT2D eigenvalue weighted by atomic mass is 10.2. The van der Waals surface area contributed by atoms with Crippen LogP contribution in [0.15, 0.2) is 17.8 Å². The molecule has 0 aliphatic heterocycles. The van der Waals surface area contributed by atoms with E-state index in [1.165, 1.54) is 10.6 Å². The number of nitrogens with zero attached hydrogens (tertiary/aromatic N) is 3. The third-order valence-corrected chi connectivity index (χ3v) is 3.76. The fraction of sp³-hybridized carbons (Fsp3) is 0.500. The molecule has 0 aromatic carbocycles. The van der Waals surface area contributed by atoms with Gasteiger partial charge in [-0.05, 0) is 31.7 Å². The van der Waals surface area contributed by atoms with E-state index in [4.69, 9.17) is 11.6 Å². The zero-order valence-corrected chi connectivity index (χ0v) is 11.5. The van der Waals surface area contributed by atoms with Gasteiger partial charge in [0.05, 0.1) is 22.8 Å². The van der Waals surface area contributed by atoms with Gasteiger partial charge in [0.25, 0.3) is 0 Å². The smallest absolute Gasteiger partial charge is 0.0928 e. The van der Waals surface area contributed by atoms with Gasteiger partial charge in [-0.15, -0.1) is 22.9 Å². The molecule has 3 nitrogen and oxygen atoms in total. The van der Waals surface area contributed by atoms with E-state index in [2.05, 4.69) is 23.2 Å². The minimum Gasteiger partial charge on any atom is -0.272 e. The number of aromatic nitrogens is 3. The van der Waals surface area contributed by atoms with Crippen molar-refractivity contribution >= 4 is 22.9 Å². The van der Waals surface area contributed by atoms with Gasteiger partial charge in [-0.25, -0.2) is 4.98 Å². The standard InChI is InChI=1S/C12H16ClN3S/c1-10-7-14-16(8-10)5-3-2-4-12-15-11(6-13)9-17-12/h7-9H,2-6H2,1H3. The number of unbranched alkanes of at least 4 members (excludes halogenated alkanes) is 1. The van der Waals surface area contributed by atoms with E-state index >= 15 is 0 Å². The van der Waals surface area contributed by atoms with Crippen LogP contribution in [0, 0.1) is 6.92 Å². The first kappa shape index (κ1) is 12.6. The fourth-order valence-electron chi connectivity index (χ4n) is 1.66. The topological polar surface area (TPSA) is 30.7 Å². The van der Waals surface area contributed by atoms with Crippen LogP contribution in [0.5, 0.6) is 0 Å². The molecule has 0 atom stereocenters. The lowest BCUT2D eigenvalue weighted by Gasteiger charge is -2.00. The average Bonchev–Trinajstić information content (AvgIpc) is 2.93. The van der Waals surface area contributed by atoms with Crippen LogP contribution in [0.4, 0.5) is 0 Å². The number of aryl methyl sites for hydroxylation is 3. The quantitative estimate of drug-likeness (QED) is 0.594. The van der Waals surface area contributed by atoms with Gasteiger partial charge in [0, 0.05) is 18.1 Å². The molecule has 5 heteroatoms. The largest absolute Gasteiger partial charge is 0.272 e. The lowest BCUT2D eigenvalue weighted by Crippen LogP contribution is -1.98. The summed E-state index contributed by atoms with van der Waals surface area (Å²) >= 11 is 7.42. The maximum Gasteiger partial charge on any atom is 0.0928 e. The summed E-state index contributed by atoms with van der Waals surface area (Å²) in [6, 6.07) is 0. The van der Waals surface area contributed by atoms with Crippen LogP contribution in [0.2, 0.25) is 0 Å². The van der Waals surface area contributed by atoms with Gasteiger partial charge in [0.1, 0.15) is 0 Å². The summed E-state index contributed by atoms with van der Waals surface area (Å²) in [6.45, 7) is 3.05. The molecule has 0 fully saturated rings. The number of alkyl halides is 1. The Hall–Kier alpha value is -0.870. The Morgan fingerprint density at radius 1 is 1.41 bits per heavy atom. The molecular formula is C12H16ClN3S. The van der Waals surface area contributed by atoms with Crippen LogP contribution in [0.25, 0.3) is 0 Å². The van der Waals surface area contributed by atoms with Crippen LogP contribution in [-0.2, 0) is 18.8 Å². The van der Waals surface area contributed by atoms with E-state index < -0.39 is 0 Å². The highest BCUT2D eigenvalue weighted by atomic mass is 35.5. The summed E-state index contributed by atoms with van der Waals surface area (Å²) in [7, 11) is 0. The maximum atomic E-state index is 5.72. The first-order valence-electron chi connectivity index (χ1n) is 5.76. The van der Waals surface area contributed by atoms with Crippen molar-refractivity contribution in [1.29, 1.82) is 0 Å². The molecule has 0 saturated carbocycles. The van der Waals surface area contributed by atoms with E-state index in [1.807, 2.05) is 16.3 Å². The van der Waals surface area contributed by atoms with Gasteiger partial charge in [-0.2, -0.15) is 5.10 Å². The predicted molar refractivity (Wildman–Crippen MR) is 71.6 cm³/mol. The molecule has 2 rings (SSSR count). The van der Waals surface area contributed by atoms with E-state index in [9.17, 15) is 0 Å². The van der Waals surface area contributed by atoms with Crippen LogP contribution < -0.4 is 0 Å². The van der Waals surface area contributed by atoms with Crippen molar-refractivity contribution < 1.29 is 0 Å². The second kappa shape index (κ2) is 6.17. The predicted octanol–water partition coefficient (Wildman–Crippen LogP) is 3.41. The molecule has 0 radical (unpaired) electrons. The molecule has 2 aromatic heterocycles. The van der Waals surface area contributed by atoms with E-state index in [0.717, 1.165) is 31.5 Å². The molecule has 0 N–H and O–H groups in total. The van der Waals surface area contributed by atoms with Crippen molar-refractivity contribution in [1.82, 2.24) is 14.8 Å². The summed E-state index contributed by atoms with van der Waals surface area (Å²) in [5.41, 5.74) is 2.21. The molecule has 0 aliphatic rings. The van der Waals surface area contributed by atoms with E-state index in [0.29, 0.717) is 5.88 Å². The Labute approximate surface area is 110 Å². The second-order valence-electron chi connectivity index (χ2n) is 4.10. The molecule has 2 heterocycles. The number of rotatable bonds is 6. The Balaban J connectivity index is 1.69. The summed E-state index contributed by atoms with van der Waals surface area (Å²) in [6.07, 6.45) is 7.30. The van der Waals surface area contributed by atoms with Gasteiger partial charge in [-0.1, -0.05) is 0 Å². The Morgan fingerprint density at radius 2 is 2.29 bits per heavy atom. The molecular weight excluding hydrogens is 254 g/mol. The van der Waals surface area contributed by atoms with Gasteiger partial charge in [-0.3, -0.25) is 4.68 Å². The first-order chi connectivity index (χ1) is 8.28. The third kappa shape index (κ3) is 3.82. The molecule has 0 amide bonds. The normalized spacial score (nSPS) is 10.9. The van der Waals surface area contributed by atoms with Crippen molar-refractivity contribution in [3.8, 4) is 0 Å². The maximum absolute atomic E-state index is 5.72.